The molecule has 2 aliphatic rings. The van der Waals surface area contributed by atoms with Crippen LogP contribution in [0.3, 0.4) is 0 Å². The fourth-order valence-electron chi connectivity index (χ4n) is 4.00. The summed E-state index contributed by atoms with van der Waals surface area (Å²) in [6.45, 7) is 8.70. The minimum Gasteiger partial charge on any atom is -0.399 e. The molecule has 0 spiro atoms. The van der Waals surface area contributed by atoms with Gasteiger partial charge in [0.1, 0.15) is 0 Å². The number of nitrogens with two attached hydrogens (primary N) is 1. The average molecular weight is 356 g/mol. The summed E-state index contributed by atoms with van der Waals surface area (Å²) in [6, 6.07) is 6.43. The van der Waals surface area contributed by atoms with Crippen molar-refractivity contribution in [1.82, 2.24) is 19.9 Å². The molecule has 7 nitrogen and oxygen atoms in total. The number of benzene rings is 1. The lowest BCUT2D eigenvalue weighted by Crippen LogP contribution is -2.52. The zero-order valence-corrected chi connectivity index (χ0v) is 15.7. The van der Waals surface area contributed by atoms with Gasteiger partial charge >= 0.3 is 0 Å². The van der Waals surface area contributed by atoms with E-state index in [0.29, 0.717) is 17.9 Å². The number of piperazine rings is 1. The van der Waals surface area contributed by atoms with Crippen LogP contribution in [0.2, 0.25) is 0 Å². The van der Waals surface area contributed by atoms with Gasteiger partial charge in [0.2, 0.25) is 0 Å². The molecule has 2 N–H and O–H groups in total. The number of piperidine rings is 1. The van der Waals surface area contributed by atoms with E-state index < -0.39 is 0 Å². The van der Waals surface area contributed by atoms with E-state index in [0.717, 1.165) is 42.7 Å². The highest BCUT2D eigenvalue weighted by atomic mass is 16.5. The molecule has 140 valence electrons. The van der Waals surface area contributed by atoms with Gasteiger partial charge in [-0.2, -0.15) is 4.98 Å². The highest BCUT2D eigenvalue weighted by Crippen LogP contribution is 2.27. The van der Waals surface area contributed by atoms with Gasteiger partial charge in [0.05, 0.1) is 0 Å². The summed E-state index contributed by atoms with van der Waals surface area (Å²) in [5, 5.41) is 4.22. The zero-order chi connectivity index (χ0) is 18.1. The Kier molecular flexibility index (Phi) is 4.82. The van der Waals surface area contributed by atoms with Crippen LogP contribution < -0.4 is 10.6 Å². The lowest BCUT2D eigenvalue weighted by atomic mass is 10.0. The van der Waals surface area contributed by atoms with Crippen LogP contribution in [0.1, 0.15) is 18.4 Å². The predicted octanol–water partition coefficient (Wildman–Crippen LogP) is 1.84. The van der Waals surface area contributed by atoms with Gasteiger partial charge in [-0.05, 0) is 55.7 Å². The van der Waals surface area contributed by atoms with Gasteiger partial charge in [-0.3, -0.25) is 4.90 Å². The van der Waals surface area contributed by atoms with Crippen LogP contribution in [-0.4, -0.2) is 72.3 Å². The average Bonchev–Trinajstić information content (AvgIpc) is 3.12. The number of aryl methyl sites for hydroxylation is 1. The fraction of sp³-hybridized carbons (Fsp3) is 0.579. The molecule has 0 unspecified atom stereocenters. The Balaban J connectivity index is 1.38. The largest absolute Gasteiger partial charge is 0.399 e. The molecule has 0 aliphatic carbocycles. The molecule has 1 aromatic heterocycles. The molecule has 2 fully saturated rings. The van der Waals surface area contributed by atoms with Crippen LogP contribution in [0.5, 0.6) is 0 Å². The molecule has 2 saturated heterocycles. The number of hydrogen-bond donors (Lipinski definition) is 1. The molecule has 3 heterocycles. The molecule has 2 aromatic rings. The third-order valence-electron chi connectivity index (χ3n) is 5.70. The number of nitrogen functional groups attached to an aromatic ring is 1. The second kappa shape index (κ2) is 7.25. The standard InChI is InChI=1S/C19H28N6O/c1-14-13-15(20)3-4-17(14)18-21-19(22-26-18)25-7-5-16(6-8-25)24-11-9-23(2)10-12-24/h3-4,13,16H,5-12,20H2,1-2H3. The minimum absolute atomic E-state index is 0.568. The van der Waals surface area contributed by atoms with Gasteiger partial charge in [-0.1, -0.05) is 0 Å². The summed E-state index contributed by atoms with van der Waals surface area (Å²) in [4.78, 5) is 11.9. The van der Waals surface area contributed by atoms with E-state index in [1.54, 1.807) is 0 Å². The lowest BCUT2D eigenvalue weighted by molar-refractivity contribution is 0.0980. The first kappa shape index (κ1) is 17.3. The Bertz CT molecular complexity index is 744. The Hall–Kier alpha value is -2.12. The number of likely N-dealkylation sites (N-methyl/N-ethyl adjacent to an activating group) is 1. The second-order valence-corrected chi connectivity index (χ2v) is 7.53. The van der Waals surface area contributed by atoms with E-state index in [9.17, 15) is 0 Å². The van der Waals surface area contributed by atoms with Crippen molar-refractivity contribution in [2.45, 2.75) is 25.8 Å². The van der Waals surface area contributed by atoms with E-state index in [2.05, 4.69) is 31.9 Å². The Morgan fingerprint density at radius 2 is 1.81 bits per heavy atom. The molecular formula is C19H28N6O. The van der Waals surface area contributed by atoms with Crippen LogP contribution in [0, 0.1) is 6.92 Å². The quantitative estimate of drug-likeness (QED) is 0.841. The Morgan fingerprint density at radius 3 is 2.50 bits per heavy atom. The normalized spacial score (nSPS) is 20.6. The summed E-state index contributed by atoms with van der Waals surface area (Å²) in [6.07, 6.45) is 2.32. The number of rotatable bonds is 3. The molecule has 0 amide bonds. The Labute approximate surface area is 154 Å². The molecular weight excluding hydrogens is 328 g/mol. The van der Waals surface area contributed by atoms with Crippen LogP contribution in [-0.2, 0) is 0 Å². The van der Waals surface area contributed by atoms with Gasteiger partial charge in [-0.25, -0.2) is 0 Å². The monoisotopic (exact) mass is 356 g/mol. The summed E-state index contributed by atoms with van der Waals surface area (Å²) in [5.41, 5.74) is 8.57. The van der Waals surface area contributed by atoms with Crippen LogP contribution in [0.25, 0.3) is 11.5 Å². The molecule has 0 atom stereocenters. The summed E-state index contributed by atoms with van der Waals surface area (Å²) in [7, 11) is 2.20. The predicted molar refractivity (Wildman–Crippen MR) is 103 cm³/mol. The van der Waals surface area contributed by atoms with Crippen molar-refractivity contribution in [3.63, 3.8) is 0 Å². The number of hydrogen-bond acceptors (Lipinski definition) is 7. The Morgan fingerprint density at radius 1 is 1.08 bits per heavy atom. The highest BCUT2D eigenvalue weighted by molar-refractivity contribution is 5.63. The molecule has 0 bridgehead atoms. The van der Waals surface area contributed by atoms with Gasteiger partial charge in [0, 0.05) is 56.6 Å². The van der Waals surface area contributed by atoms with Crippen molar-refractivity contribution in [1.29, 1.82) is 0 Å². The van der Waals surface area contributed by atoms with Crippen molar-refractivity contribution in [2.75, 3.05) is 56.9 Å². The number of aromatic nitrogens is 2. The summed E-state index contributed by atoms with van der Waals surface area (Å²) in [5.74, 6) is 1.27. The lowest BCUT2D eigenvalue weighted by Gasteiger charge is -2.41. The molecule has 4 rings (SSSR count). The van der Waals surface area contributed by atoms with E-state index in [1.807, 2.05) is 25.1 Å². The SMILES string of the molecule is Cc1cc(N)ccc1-c1nc(N2CCC(N3CCN(C)CC3)CC2)no1. The third-order valence-corrected chi connectivity index (χ3v) is 5.70. The highest BCUT2D eigenvalue weighted by Gasteiger charge is 2.28. The molecule has 0 saturated carbocycles. The first-order chi connectivity index (χ1) is 12.6. The van der Waals surface area contributed by atoms with Crippen LogP contribution in [0.15, 0.2) is 22.7 Å². The first-order valence-corrected chi connectivity index (χ1v) is 9.48. The van der Waals surface area contributed by atoms with Crippen molar-refractivity contribution < 1.29 is 4.52 Å². The molecule has 1 aromatic carbocycles. The van der Waals surface area contributed by atoms with Crippen molar-refractivity contribution >= 4 is 11.6 Å². The molecule has 7 heteroatoms. The van der Waals surface area contributed by atoms with Gasteiger partial charge in [0.15, 0.2) is 0 Å². The smallest absolute Gasteiger partial charge is 0.266 e. The van der Waals surface area contributed by atoms with Crippen molar-refractivity contribution in [3.05, 3.63) is 23.8 Å². The second-order valence-electron chi connectivity index (χ2n) is 7.53. The fourth-order valence-corrected chi connectivity index (χ4v) is 4.00. The summed E-state index contributed by atoms with van der Waals surface area (Å²) >= 11 is 0. The zero-order valence-electron chi connectivity index (χ0n) is 15.7. The van der Waals surface area contributed by atoms with Gasteiger partial charge < -0.3 is 20.1 Å². The van der Waals surface area contributed by atoms with Gasteiger partial charge in [-0.15, -0.1) is 0 Å². The molecule has 26 heavy (non-hydrogen) atoms. The molecule has 2 aliphatic heterocycles. The van der Waals surface area contributed by atoms with Crippen LogP contribution in [0.4, 0.5) is 11.6 Å². The maximum atomic E-state index is 5.83. The minimum atomic E-state index is 0.568. The third kappa shape index (κ3) is 3.54. The van der Waals surface area contributed by atoms with E-state index in [-0.39, 0.29) is 0 Å². The van der Waals surface area contributed by atoms with E-state index in [1.165, 1.54) is 26.2 Å². The molecule has 0 radical (unpaired) electrons. The number of nitrogens with zero attached hydrogens (tertiary/aromatic N) is 5. The first-order valence-electron chi connectivity index (χ1n) is 9.48. The van der Waals surface area contributed by atoms with Crippen molar-refractivity contribution in [3.8, 4) is 11.5 Å². The summed E-state index contributed by atoms with van der Waals surface area (Å²) < 4.78 is 5.52. The van der Waals surface area contributed by atoms with E-state index >= 15 is 0 Å². The maximum Gasteiger partial charge on any atom is 0.266 e. The number of anilines is 2. The topological polar surface area (TPSA) is 74.7 Å². The maximum absolute atomic E-state index is 5.83. The van der Waals surface area contributed by atoms with E-state index in [4.69, 9.17) is 10.3 Å². The van der Waals surface area contributed by atoms with Gasteiger partial charge in [0.25, 0.3) is 11.8 Å². The van der Waals surface area contributed by atoms with Crippen molar-refractivity contribution in [2.24, 2.45) is 0 Å². The van der Waals surface area contributed by atoms with Crippen LogP contribution >= 0.6 is 0 Å².